The number of carbonyl (C=O) groups is 2. The van der Waals surface area contributed by atoms with Crippen molar-refractivity contribution in [3.05, 3.63) is 29.8 Å². The van der Waals surface area contributed by atoms with Crippen molar-refractivity contribution in [1.29, 1.82) is 0 Å². The lowest BCUT2D eigenvalue weighted by molar-refractivity contribution is -0.140. The molecule has 1 rings (SSSR count). The third-order valence-corrected chi connectivity index (χ3v) is 3.60. The molecule has 0 aliphatic carbocycles. The summed E-state index contributed by atoms with van der Waals surface area (Å²) in [7, 11) is 1.56. The molecule has 0 aromatic heterocycles. The van der Waals surface area contributed by atoms with Crippen LogP contribution in [0.5, 0.6) is 11.5 Å². The first-order valence-corrected chi connectivity index (χ1v) is 8.50. The number of carboxylic acids is 1. The fraction of sp³-hybridized carbons (Fsp3) is 0.474. The number of methoxy groups -OCH3 is 1. The van der Waals surface area contributed by atoms with Gasteiger partial charge in [-0.2, -0.15) is 0 Å². The highest BCUT2D eigenvalue weighted by atomic mass is 16.5. The molecule has 6 heteroatoms. The van der Waals surface area contributed by atoms with Crippen LogP contribution in [0.1, 0.15) is 45.1 Å². The Hall–Kier alpha value is -2.50. The van der Waals surface area contributed by atoms with Gasteiger partial charge in [-0.3, -0.25) is 9.59 Å². The van der Waals surface area contributed by atoms with Crippen molar-refractivity contribution in [3.8, 4) is 11.5 Å². The maximum absolute atomic E-state index is 11.7. The highest BCUT2D eigenvalue weighted by Crippen LogP contribution is 2.28. The first-order chi connectivity index (χ1) is 12.0. The minimum absolute atomic E-state index is 0.467. The number of hydrogen-bond acceptors (Lipinski definition) is 4. The van der Waals surface area contributed by atoms with Crippen LogP contribution in [0.15, 0.2) is 24.3 Å². The van der Waals surface area contributed by atoms with E-state index < -0.39 is 17.9 Å². The summed E-state index contributed by atoms with van der Waals surface area (Å²) in [6.45, 7) is 4.21. The normalized spacial score (nSPS) is 12.0. The summed E-state index contributed by atoms with van der Waals surface area (Å²) in [6, 6.07) is 4.45. The minimum Gasteiger partial charge on any atom is -0.493 e. The highest BCUT2D eigenvalue weighted by Gasteiger charge is 2.11. The monoisotopic (exact) mass is 349 g/mol. The summed E-state index contributed by atoms with van der Waals surface area (Å²) in [5.41, 5.74) is 0.758. The van der Waals surface area contributed by atoms with E-state index in [0.29, 0.717) is 18.1 Å². The molecule has 6 nitrogen and oxygen atoms in total. The number of aliphatic carboxylic acids is 1. The topological polar surface area (TPSA) is 84.9 Å². The molecule has 25 heavy (non-hydrogen) atoms. The number of amides is 1. The van der Waals surface area contributed by atoms with Crippen molar-refractivity contribution in [2.75, 3.05) is 13.7 Å². The third-order valence-electron chi connectivity index (χ3n) is 3.60. The lowest BCUT2D eigenvalue weighted by Crippen LogP contribution is -2.37. The van der Waals surface area contributed by atoms with E-state index in [0.717, 1.165) is 18.4 Å². The van der Waals surface area contributed by atoms with Crippen LogP contribution in [-0.2, 0) is 9.59 Å². The van der Waals surface area contributed by atoms with E-state index in [2.05, 4.69) is 12.2 Å². The number of hydrogen-bond donors (Lipinski definition) is 2. The first kappa shape index (κ1) is 20.5. The molecule has 0 aliphatic rings. The molecule has 0 fully saturated rings. The summed E-state index contributed by atoms with van der Waals surface area (Å²) >= 11 is 0. The Morgan fingerprint density at radius 1 is 1.24 bits per heavy atom. The highest BCUT2D eigenvalue weighted by molar-refractivity contribution is 5.94. The summed E-state index contributed by atoms with van der Waals surface area (Å²) in [5, 5.41) is 11.1. The fourth-order valence-corrected chi connectivity index (χ4v) is 2.11. The average Bonchev–Trinajstić information content (AvgIpc) is 2.60. The van der Waals surface area contributed by atoms with Crippen LogP contribution in [0, 0.1) is 0 Å². The number of unbranched alkanes of at least 4 members (excludes halogenated alkanes) is 3. The molecular weight excluding hydrogens is 322 g/mol. The fourth-order valence-electron chi connectivity index (χ4n) is 2.11. The second-order valence-electron chi connectivity index (χ2n) is 5.72. The molecule has 1 atom stereocenters. The van der Waals surface area contributed by atoms with Crippen LogP contribution in [0.25, 0.3) is 6.08 Å². The Kier molecular flexibility index (Phi) is 9.14. The predicted molar refractivity (Wildman–Crippen MR) is 96.9 cm³/mol. The molecule has 1 aromatic rings. The van der Waals surface area contributed by atoms with Crippen molar-refractivity contribution >= 4 is 18.0 Å². The van der Waals surface area contributed by atoms with Gasteiger partial charge in [-0.25, -0.2) is 0 Å². The second kappa shape index (κ2) is 11.1. The van der Waals surface area contributed by atoms with Crippen LogP contribution in [0.4, 0.5) is 0 Å². The SMILES string of the molecule is CCCCCCOc1ccc(/C=C/C(=O)N[C@@H](C)C(=O)O)cc1OC. The molecule has 0 spiro atoms. The van der Waals surface area contributed by atoms with Gasteiger partial charge in [0.25, 0.3) is 0 Å². The first-order valence-electron chi connectivity index (χ1n) is 8.50. The largest absolute Gasteiger partial charge is 0.493 e. The van der Waals surface area contributed by atoms with Gasteiger partial charge in [-0.15, -0.1) is 0 Å². The van der Waals surface area contributed by atoms with Crippen molar-refractivity contribution in [2.45, 2.75) is 45.6 Å². The zero-order valence-electron chi connectivity index (χ0n) is 15.1. The summed E-state index contributed by atoms with van der Waals surface area (Å²) in [5.74, 6) is -0.286. The number of ether oxygens (including phenoxy) is 2. The quantitative estimate of drug-likeness (QED) is 0.473. The van der Waals surface area contributed by atoms with Gasteiger partial charge in [0.1, 0.15) is 6.04 Å². The molecule has 0 saturated heterocycles. The lowest BCUT2D eigenvalue weighted by Gasteiger charge is -2.11. The Morgan fingerprint density at radius 3 is 2.64 bits per heavy atom. The Morgan fingerprint density at radius 2 is 2.00 bits per heavy atom. The second-order valence-corrected chi connectivity index (χ2v) is 5.72. The lowest BCUT2D eigenvalue weighted by atomic mass is 10.2. The van der Waals surface area contributed by atoms with E-state index in [9.17, 15) is 9.59 Å². The Balaban J connectivity index is 2.62. The molecule has 0 heterocycles. The van der Waals surface area contributed by atoms with Crippen molar-refractivity contribution in [1.82, 2.24) is 5.32 Å². The maximum Gasteiger partial charge on any atom is 0.325 e. The molecule has 2 N–H and O–H groups in total. The standard InChI is InChI=1S/C19H27NO5/c1-4-5-6-7-12-25-16-10-8-15(13-17(16)24-3)9-11-18(21)20-14(2)19(22)23/h8-11,13-14H,4-7,12H2,1-3H3,(H,20,21)(H,22,23)/b11-9+/t14-/m0/s1. The zero-order valence-corrected chi connectivity index (χ0v) is 15.1. The van der Waals surface area contributed by atoms with Gasteiger partial charge in [0.15, 0.2) is 11.5 Å². The Labute approximate surface area is 148 Å². The predicted octanol–water partition coefficient (Wildman–Crippen LogP) is 3.26. The van der Waals surface area contributed by atoms with Gasteiger partial charge in [0.2, 0.25) is 5.91 Å². The minimum atomic E-state index is -1.08. The van der Waals surface area contributed by atoms with Crippen LogP contribution in [0.3, 0.4) is 0 Å². The molecule has 138 valence electrons. The van der Waals surface area contributed by atoms with Gasteiger partial charge in [0, 0.05) is 6.08 Å². The molecule has 1 amide bonds. The van der Waals surface area contributed by atoms with Gasteiger partial charge >= 0.3 is 5.97 Å². The van der Waals surface area contributed by atoms with Gasteiger partial charge in [0.05, 0.1) is 13.7 Å². The smallest absolute Gasteiger partial charge is 0.325 e. The maximum atomic E-state index is 11.7. The van der Waals surface area contributed by atoms with E-state index in [-0.39, 0.29) is 0 Å². The van der Waals surface area contributed by atoms with Crippen LogP contribution >= 0.6 is 0 Å². The molecule has 0 bridgehead atoms. The zero-order chi connectivity index (χ0) is 18.7. The number of carbonyl (C=O) groups excluding carboxylic acids is 1. The van der Waals surface area contributed by atoms with E-state index in [1.807, 2.05) is 6.07 Å². The number of carboxylic acid groups (broad SMARTS) is 1. The van der Waals surface area contributed by atoms with Gasteiger partial charge < -0.3 is 19.9 Å². The van der Waals surface area contributed by atoms with Crippen molar-refractivity contribution in [2.24, 2.45) is 0 Å². The number of rotatable bonds is 11. The van der Waals surface area contributed by atoms with Crippen molar-refractivity contribution in [3.63, 3.8) is 0 Å². The molecule has 0 unspecified atom stereocenters. The summed E-state index contributed by atoms with van der Waals surface area (Å²) in [4.78, 5) is 22.4. The summed E-state index contributed by atoms with van der Waals surface area (Å²) in [6.07, 6.45) is 7.41. The van der Waals surface area contributed by atoms with E-state index >= 15 is 0 Å². The van der Waals surface area contributed by atoms with Crippen molar-refractivity contribution < 1.29 is 24.2 Å². The van der Waals surface area contributed by atoms with Crippen LogP contribution in [-0.4, -0.2) is 36.7 Å². The van der Waals surface area contributed by atoms with Gasteiger partial charge in [-0.1, -0.05) is 32.3 Å². The molecular formula is C19H27NO5. The van der Waals surface area contributed by atoms with Gasteiger partial charge in [-0.05, 0) is 37.1 Å². The molecule has 0 radical (unpaired) electrons. The summed E-state index contributed by atoms with van der Waals surface area (Å²) < 4.78 is 11.1. The van der Waals surface area contributed by atoms with Crippen LogP contribution < -0.4 is 14.8 Å². The third kappa shape index (κ3) is 7.74. The molecule has 0 aliphatic heterocycles. The Bertz CT molecular complexity index is 597. The number of benzene rings is 1. The van der Waals surface area contributed by atoms with E-state index in [1.165, 1.54) is 25.8 Å². The molecule has 1 aromatic carbocycles. The molecule has 0 saturated carbocycles. The van der Waals surface area contributed by atoms with E-state index in [1.54, 1.807) is 25.3 Å². The number of nitrogens with one attached hydrogen (secondary N) is 1. The van der Waals surface area contributed by atoms with E-state index in [4.69, 9.17) is 14.6 Å². The van der Waals surface area contributed by atoms with Crippen LogP contribution in [0.2, 0.25) is 0 Å². The average molecular weight is 349 g/mol.